The van der Waals surface area contributed by atoms with Gasteiger partial charge in [-0.1, -0.05) is 30.3 Å². The Labute approximate surface area is 171 Å². The molecule has 1 heterocycles. The molecule has 0 bridgehead atoms. The normalized spacial score (nSPS) is 13.9. The number of amides is 1. The van der Waals surface area contributed by atoms with E-state index in [9.17, 15) is 4.79 Å². The van der Waals surface area contributed by atoms with Crippen molar-refractivity contribution in [3.05, 3.63) is 71.0 Å². The van der Waals surface area contributed by atoms with Crippen molar-refractivity contribution in [1.82, 2.24) is 5.32 Å². The van der Waals surface area contributed by atoms with Crippen LogP contribution in [-0.4, -0.2) is 12.5 Å². The third kappa shape index (κ3) is 4.21. The van der Waals surface area contributed by atoms with E-state index in [1.54, 1.807) is 6.08 Å². The minimum Gasteiger partial charge on any atom is -0.493 e. The van der Waals surface area contributed by atoms with Gasteiger partial charge in [0, 0.05) is 41.6 Å². The summed E-state index contributed by atoms with van der Waals surface area (Å²) in [6.45, 7) is 4.99. The predicted octanol–water partition coefficient (Wildman–Crippen LogP) is 5.43. The summed E-state index contributed by atoms with van der Waals surface area (Å²) in [5.74, 6) is 1.76. The number of fused-ring (bicyclic) bond motifs is 3. The number of furan rings is 1. The lowest BCUT2D eigenvalue weighted by molar-refractivity contribution is -0.116. The van der Waals surface area contributed by atoms with Crippen LogP contribution < -0.4 is 10.1 Å². The van der Waals surface area contributed by atoms with Crippen LogP contribution in [0.5, 0.6) is 5.75 Å². The molecule has 0 aliphatic heterocycles. The van der Waals surface area contributed by atoms with Gasteiger partial charge in [-0.3, -0.25) is 4.79 Å². The van der Waals surface area contributed by atoms with Crippen LogP contribution in [0.2, 0.25) is 0 Å². The van der Waals surface area contributed by atoms with Crippen molar-refractivity contribution in [2.24, 2.45) is 0 Å². The van der Waals surface area contributed by atoms with Gasteiger partial charge in [0.05, 0.1) is 6.61 Å². The molecule has 1 aliphatic carbocycles. The minimum absolute atomic E-state index is 0.108. The quantitative estimate of drug-likeness (QED) is 0.572. The van der Waals surface area contributed by atoms with Gasteiger partial charge in [-0.15, -0.1) is 0 Å². The Kier molecular flexibility index (Phi) is 5.70. The van der Waals surface area contributed by atoms with E-state index in [1.165, 1.54) is 18.4 Å². The maximum Gasteiger partial charge on any atom is 0.244 e. The molecular weight excluding hydrogens is 362 g/mol. The topological polar surface area (TPSA) is 51.5 Å². The molecule has 4 nitrogen and oxygen atoms in total. The van der Waals surface area contributed by atoms with Crippen LogP contribution in [0.1, 0.15) is 49.1 Å². The Hall–Kier alpha value is -3.01. The molecule has 1 N–H and O–H groups in total. The number of carbonyl (C=O) groups is 1. The monoisotopic (exact) mass is 389 g/mol. The van der Waals surface area contributed by atoms with Crippen molar-refractivity contribution in [2.75, 3.05) is 6.61 Å². The number of rotatable bonds is 6. The average molecular weight is 389 g/mol. The van der Waals surface area contributed by atoms with E-state index < -0.39 is 0 Å². The van der Waals surface area contributed by atoms with E-state index >= 15 is 0 Å². The van der Waals surface area contributed by atoms with Crippen molar-refractivity contribution in [3.8, 4) is 5.75 Å². The van der Waals surface area contributed by atoms with Gasteiger partial charge in [0.2, 0.25) is 5.91 Å². The number of aryl methyl sites for hydroxylation is 2. The van der Waals surface area contributed by atoms with Crippen LogP contribution in [0.4, 0.5) is 0 Å². The first-order valence-electron chi connectivity index (χ1n) is 10.4. The fourth-order valence-electron chi connectivity index (χ4n) is 3.98. The Morgan fingerprint density at radius 3 is 2.76 bits per heavy atom. The SMILES string of the molecule is CCOc1cc2oc3c(c2cc1/C(C)=C/C(=O)NCc1ccccc1)CCCC3. The Morgan fingerprint density at radius 1 is 1.17 bits per heavy atom. The zero-order chi connectivity index (χ0) is 20.2. The zero-order valence-corrected chi connectivity index (χ0v) is 17.1. The molecule has 1 aromatic heterocycles. The molecule has 150 valence electrons. The summed E-state index contributed by atoms with van der Waals surface area (Å²) in [5, 5.41) is 4.11. The molecule has 0 saturated heterocycles. The van der Waals surface area contributed by atoms with E-state index in [0.29, 0.717) is 13.2 Å². The van der Waals surface area contributed by atoms with Crippen molar-refractivity contribution in [2.45, 2.75) is 46.1 Å². The lowest BCUT2D eigenvalue weighted by Crippen LogP contribution is -2.20. The standard InChI is InChI=1S/C25H27NO3/c1-3-28-23-15-24-21(19-11-7-8-12-22(19)29-24)14-20(23)17(2)13-25(27)26-16-18-9-5-4-6-10-18/h4-6,9-10,13-15H,3,7-8,11-12,16H2,1-2H3,(H,26,27)/b17-13+. The van der Waals surface area contributed by atoms with Gasteiger partial charge >= 0.3 is 0 Å². The summed E-state index contributed by atoms with van der Waals surface area (Å²) in [4.78, 5) is 12.5. The highest BCUT2D eigenvalue weighted by Gasteiger charge is 2.20. The number of hydrogen-bond donors (Lipinski definition) is 1. The number of carbonyl (C=O) groups excluding carboxylic acids is 1. The highest BCUT2D eigenvalue weighted by Crippen LogP contribution is 2.38. The van der Waals surface area contributed by atoms with Crippen molar-refractivity contribution in [3.63, 3.8) is 0 Å². The van der Waals surface area contributed by atoms with Crippen LogP contribution in [0, 0.1) is 0 Å². The van der Waals surface area contributed by atoms with Gasteiger partial charge in [-0.25, -0.2) is 0 Å². The molecule has 4 heteroatoms. The van der Waals surface area contributed by atoms with Crippen LogP contribution in [0.25, 0.3) is 16.5 Å². The Morgan fingerprint density at radius 2 is 1.97 bits per heavy atom. The van der Waals surface area contributed by atoms with Crippen LogP contribution in [0.15, 0.2) is 53.0 Å². The summed E-state index contributed by atoms with van der Waals surface area (Å²) >= 11 is 0. The van der Waals surface area contributed by atoms with Gasteiger partial charge in [0.25, 0.3) is 0 Å². The van der Waals surface area contributed by atoms with Crippen molar-refractivity contribution >= 4 is 22.4 Å². The Balaban J connectivity index is 1.62. The third-order valence-corrected chi connectivity index (χ3v) is 5.44. The van der Waals surface area contributed by atoms with Gasteiger partial charge < -0.3 is 14.5 Å². The molecule has 0 fully saturated rings. The molecule has 0 radical (unpaired) electrons. The van der Waals surface area contributed by atoms with E-state index in [0.717, 1.165) is 52.0 Å². The second-order valence-electron chi connectivity index (χ2n) is 7.52. The second-order valence-corrected chi connectivity index (χ2v) is 7.52. The highest BCUT2D eigenvalue weighted by molar-refractivity contribution is 5.97. The average Bonchev–Trinajstić information content (AvgIpc) is 3.10. The predicted molar refractivity (Wildman–Crippen MR) is 116 cm³/mol. The van der Waals surface area contributed by atoms with Gasteiger partial charge in [0.15, 0.2) is 0 Å². The number of ether oxygens (including phenoxy) is 1. The molecule has 1 amide bonds. The lowest BCUT2D eigenvalue weighted by Gasteiger charge is -2.12. The third-order valence-electron chi connectivity index (χ3n) is 5.44. The minimum atomic E-state index is -0.108. The number of hydrogen-bond acceptors (Lipinski definition) is 3. The second kappa shape index (κ2) is 8.56. The summed E-state index contributed by atoms with van der Waals surface area (Å²) in [6.07, 6.45) is 6.08. The van der Waals surface area contributed by atoms with E-state index in [-0.39, 0.29) is 5.91 Å². The molecule has 29 heavy (non-hydrogen) atoms. The van der Waals surface area contributed by atoms with Gasteiger partial charge in [-0.05, 0) is 50.3 Å². The first-order valence-corrected chi connectivity index (χ1v) is 10.4. The fourth-order valence-corrected chi connectivity index (χ4v) is 3.98. The molecule has 3 aromatic rings. The Bertz CT molecular complexity index is 1050. The van der Waals surface area contributed by atoms with Crippen molar-refractivity contribution < 1.29 is 13.9 Å². The highest BCUT2D eigenvalue weighted by atomic mass is 16.5. The first kappa shape index (κ1) is 19.3. The first-order chi connectivity index (χ1) is 14.2. The number of nitrogens with one attached hydrogen (secondary N) is 1. The smallest absolute Gasteiger partial charge is 0.244 e. The molecule has 2 aromatic carbocycles. The molecular formula is C25H27NO3. The number of allylic oxidation sites excluding steroid dienone is 1. The van der Waals surface area contributed by atoms with Crippen LogP contribution in [-0.2, 0) is 24.2 Å². The largest absolute Gasteiger partial charge is 0.493 e. The van der Waals surface area contributed by atoms with Gasteiger partial charge in [0.1, 0.15) is 17.1 Å². The summed E-state index contributed by atoms with van der Waals surface area (Å²) in [5.41, 5.74) is 5.10. The molecule has 0 atom stereocenters. The summed E-state index contributed by atoms with van der Waals surface area (Å²) in [6, 6.07) is 14.0. The van der Waals surface area contributed by atoms with E-state index in [2.05, 4.69) is 11.4 Å². The lowest BCUT2D eigenvalue weighted by atomic mass is 9.94. The van der Waals surface area contributed by atoms with E-state index in [1.807, 2.05) is 50.2 Å². The van der Waals surface area contributed by atoms with E-state index in [4.69, 9.17) is 9.15 Å². The maximum absolute atomic E-state index is 12.5. The fraction of sp³-hybridized carbons (Fsp3) is 0.320. The van der Waals surface area contributed by atoms with Gasteiger partial charge in [-0.2, -0.15) is 0 Å². The van der Waals surface area contributed by atoms with Crippen LogP contribution >= 0.6 is 0 Å². The molecule has 1 aliphatic rings. The zero-order valence-electron chi connectivity index (χ0n) is 17.1. The van der Waals surface area contributed by atoms with Crippen molar-refractivity contribution in [1.29, 1.82) is 0 Å². The number of benzene rings is 2. The molecule has 0 spiro atoms. The van der Waals surface area contributed by atoms with Crippen LogP contribution in [0.3, 0.4) is 0 Å². The molecule has 0 saturated carbocycles. The molecule has 0 unspecified atom stereocenters. The molecule has 4 rings (SSSR count). The summed E-state index contributed by atoms with van der Waals surface area (Å²) < 4.78 is 12.0. The maximum atomic E-state index is 12.5. The summed E-state index contributed by atoms with van der Waals surface area (Å²) in [7, 11) is 0.